The minimum absolute atomic E-state index is 0.0225. The van der Waals surface area contributed by atoms with E-state index in [-0.39, 0.29) is 32.4 Å². The largest absolute Gasteiger partial charge is 0.462 e. The van der Waals surface area contributed by atoms with Gasteiger partial charge in [0.05, 0.1) is 25.7 Å². The van der Waals surface area contributed by atoms with Gasteiger partial charge < -0.3 is 79.4 Å². The first kappa shape index (κ1) is 60.0. The number of amides is 10. The van der Waals surface area contributed by atoms with Gasteiger partial charge in [-0.3, -0.25) is 52.7 Å². The van der Waals surface area contributed by atoms with Crippen LogP contribution in [-0.2, 0) is 57.5 Å². The maximum Gasteiger partial charge on any atom is 0.325 e. The molecular formula is C42H73N11O15. The number of ether oxygens (including phenoxy) is 1. The van der Waals surface area contributed by atoms with Crippen LogP contribution in [0.25, 0.3) is 0 Å². The third-order valence-corrected chi connectivity index (χ3v) is 10.5. The molecule has 1 aliphatic heterocycles. The van der Waals surface area contributed by atoms with Crippen molar-refractivity contribution in [2.24, 2.45) is 11.5 Å². The van der Waals surface area contributed by atoms with E-state index in [1.54, 1.807) is 0 Å². The number of nitrogens with one attached hydrogen (secondary N) is 9. The van der Waals surface area contributed by atoms with Crippen LogP contribution in [-0.4, -0.2) is 168 Å². The van der Waals surface area contributed by atoms with Crippen LogP contribution >= 0.6 is 0 Å². The molecule has 0 saturated carbocycles. The molecule has 0 aliphatic carbocycles. The fourth-order valence-corrected chi connectivity index (χ4v) is 6.50. The second-order valence-electron chi connectivity index (χ2n) is 16.4. The van der Waals surface area contributed by atoms with Gasteiger partial charge in [-0.2, -0.15) is 0 Å². The predicted molar refractivity (Wildman–Crippen MR) is 241 cm³/mol. The van der Waals surface area contributed by atoms with Gasteiger partial charge in [-0.25, -0.2) is 0 Å². The molecule has 8 unspecified atom stereocenters. The Labute approximate surface area is 395 Å². The molecule has 0 aromatic rings. The zero-order valence-corrected chi connectivity index (χ0v) is 39.2. The van der Waals surface area contributed by atoms with Crippen LogP contribution in [0.15, 0.2) is 0 Å². The summed E-state index contributed by atoms with van der Waals surface area (Å²) in [5, 5.41) is 50.6. The highest BCUT2D eigenvalue weighted by Crippen LogP contribution is 2.11. The Morgan fingerprint density at radius 3 is 1.82 bits per heavy atom. The number of esters is 1. The third-order valence-electron chi connectivity index (χ3n) is 10.5. The lowest BCUT2D eigenvalue weighted by atomic mass is 10.1. The van der Waals surface area contributed by atoms with Crippen molar-refractivity contribution >= 4 is 65.0 Å². The summed E-state index contributed by atoms with van der Waals surface area (Å²) in [6.07, 6.45) is 6.13. The summed E-state index contributed by atoms with van der Waals surface area (Å²) in [4.78, 5) is 143. The van der Waals surface area contributed by atoms with Crippen molar-refractivity contribution in [1.29, 1.82) is 0 Å². The second kappa shape index (κ2) is 33.5. The van der Waals surface area contributed by atoms with Crippen LogP contribution in [0, 0.1) is 0 Å². The highest BCUT2D eigenvalue weighted by atomic mass is 16.5. The molecule has 1 heterocycles. The van der Waals surface area contributed by atoms with Crippen molar-refractivity contribution in [2.75, 3.05) is 39.5 Å². The zero-order valence-electron chi connectivity index (χ0n) is 39.2. The van der Waals surface area contributed by atoms with Gasteiger partial charge in [-0.15, -0.1) is 0 Å². The minimum Gasteiger partial charge on any atom is -0.462 e. The Balaban J connectivity index is 3.43. The summed E-state index contributed by atoms with van der Waals surface area (Å²) in [6.45, 7) is 0.493. The van der Waals surface area contributed by atoms with E-state index >= 15 is 0 Å². The van der Waals surface area contributed by atoms with E-state index < -0.39 is 153 Å². The number of cyclic esters (lactones) is 1. The first-order valence-corrected chi connectivity index (χ1v) is 23.0. The second-order valence-corrected chi connectivity index (χ2v) is 16.4. The van der Waals surface area contributed by atoms with Gasteiger partial charge in [-0.05, 0) is 39.7 Å². The van der Waals surface area contributed by atoms with Gasteiger partial charge >= 0.3 is 5.97 Å². The molecule has 8 atom stereocenters. The summed E-state index contributed by atoms with van der Waals surface area (Å²) in [7, 11) is 0. The lowest BCUT2D eigenvalue weighted by Gasteiger charge is -2.26. The highest BCUT2D eigenvalue weighted by Gasteiger charge is 2.34. The smallest absolute Gasteiger partial charge is 0.325 e. The Hall–Kier alpha value is -5.99. The average Bonchev–Trinajstić information content (AvgIpc) is 3.29. The molecule has 386 valence electrons. The Morgan fingerprint density at radius 2 is 1.25 bits per heavy atom. The van der Waals surface area contributed by atoms with Crippen LogP contribution < -0.4 is 59.3 Å². The molecule has 0 aromatic heterocycles. The lowest BCUT2D eigenvalue weighted by Crippen LogP contribution is -2.61. The van der Waals surface area contributed by atoms with Crippen LogP contribution in [0.1, 0.15) is 111 Å². The molecule has 26 heteroatoms. The molecule has 1 rings (SSSR count). The number of aliphatic hydroxyl groups is 3. The summed E-state index contributed by atoms with van der Waals surface area (Å²) >= 11 is 0. The fourth-order valence-electron chi connectivity index (χ4n) is 6.50. The molecule has 1 aliphatic rings. The van der Waals surface area contributed by atoms with E-state index in [1.165, 1.54) is 19.8 Å². The molecule has 10 amide bonds. The third kappa shape index (κ3) is 24.2. The number of carbonyl (C=O) groups is 11. The summed E-state index contributed by atoms with van der Waals surface area (Å²) in [5.41, 5.74) is 10.9. The van der Waals surface area contributed by atoms with Gasteiger partial charge in [0.1, 0.15) is 55.4 Å². The zero-order chi connectivity index (χ0) is 51.2. The van der Waals surface area contributed by atoms with Crippen LogP contribution in [0.4, 0.5) is 0 Å². The van der Waals surface area contributed by atoms with Gasteiger partial charge in [0.15, 0.2) is 0 Å². The van der Waals surface area contributed by atoms with E-state index in [0.717, 1.165) is 45.4 Å². The number of hydrogen-bond acceptors (Lipinski definition) is 16. The maximum atomic E-state index is 13.6. The van der Waals surface area contributed by atoms with Gasteiger partial charge in [0.2, 0.25) is 59.1 Å². The molecule has 0 bridgehead atoms. The number of hydrogen-bond donors (Lipinski definition) is 14. The molecule has 16 N–H and O–H groups in total. The average molecular weight is 972 g/mol. The number of rotatable bonds is 19. The lowest BCUT2D eigenvalue weighted by molar-refractivity contribution is -0.147. The van der Waals surface area contributed by atoms with Crippen molar-refractivity contribution in [1.82, 2.24) is 47.9 Å². The molecule has 0 radical (unpaired) electrons. The van der Waals surface area contributed by atoms with E-state index in [0.29, 0.717) is 6.42 Å². The van der Waals surface area contributed by atoms with Gasteiger partial charge in [0.25, 0.3) is 0 Å². The Kier molecular flexibility index (Phi) is 29.6. The van der Waals surface area contributed by atoms with Crippen molar-refractivity contribution in [3.63, 3.8) is 0 Å². The SMILES string of the molecule is CCCCCCCCCCCC(=O)NC1COC(=O)CNC(=O)C(C(C)O)NC(=O)C(CC(N)=O)NC(=O)C(CO)NC(=O)C(CO)NC(=O)CCNC(=O)C(CCCN)NC(=O)C(C)NC1=O. The maximum absolute atomic E-state index is 13.6. The highest BCUT2D eigenvalue weighted by molar-refractivity contribution is 5.98. The summed E-state index contributed by atoms with van der Waals surface area (Å²) < 4.78 is 5.20. The molecular weight excluding hydrogens is 899 g/mol. The number of unbranched alkanes of at least 4 members (excludes halogenated alkanes) is 8. The van der Waals surface area contributed by atoms with Gasteiger partial charge in [-0.1, -0.05) is 58.3 Å². The van der Waals surface area contributed by atoms with E-state index in [9.17, 15) is 68.1 Å². The number of nitrogens with two attached hydrogens (primary N) is 2. The monoisotopic (exact) mass is 972 g/mol. The number of primary amides is 1. The molecule has 0 spiro atoms. The number of carbonyl (C=O) groups excluding carboxylic acids is 11. The van der Waals surface area contributed by atoms with Crippen molar-refractivity contribution in [3.05, 3.63) is 0 Å². The molecule has 0 aromatic carbocycles. The summed E-state index contributed by atoms with van der Waals surface area (Å²) in [5.74, 6) is -11.2. The first-order chi connectivity index (χ1) is 32.3. The van der Waals surface area contributed by atoms with E-state index in [2.05, 4.69) is 54.8 Å². The first-order valence-electron chi connectivity index (χ1n) is 23.0. The molecule has 68 heavy (non-hydrogen) atoms. The van der Waals surface area contributed by atoms with Crippen molar-refractivity contribution in [2.45, 2.75) is 159 Å². The van der Waals surface area contributed by atoms with Gasteiger partial charge in [0, 0.05) is 19.4 Å². The van der Waals surface area contributed by atoms with Crippen LogP contribution in [0.3, 0.4) is 0 Å². The van der Waals surface area contributed by atoms with Crippen molar-refractivity contribution < 1.29 is 72.8 Å². The molecule has 1 fully saturated rings. The quantitative estimate of drug-likeness (QED) is 0.0424. The van der Waals surface area contributed by atoms with Crippen LogP contribution in [0.2, 0.25) is 0 Å². The number of aliphatic hydroxyl groups excluding tert-OH is 3. The topological polar surface area (TPSA) is 418 Å². The van der Waals surface area contributed by atoms with Crippen LogP contribution in [0.5, 0.6) is 0 Å². The molecule has 26 nitrogen and oxygen atoms in total. The normalized spacial score (nSPS) is 24.3. The summed E-state index contributed by atoms with van der Waals surface area (Å²) in [6, 6.07) is -11.4. The van der Waals surface area contributed by atoms with Crippen molar-refractivity contribution in [3.8, 4) is 0 Å². The van der Waals surface area contributed by atoms with E-state index in [1.807, 2.05) is 0 Å². The standard InChI is InChI=1S/C42H73N11O15/c1-4-5-6-7-8-9-10-11-12-15-32(58)49-30-23-68-34(60)20-46-42(67)35(25(3)56)53-38(63)27(19-31(44)57)51-40(65)29(22-55)52-39(64)28(21-54)48-33(59)16-18-45-37(62)26(14-13-17-43)50-36(61)24(2)47-41(30)66/h24-30,35,54-56H,4-23,43H2,1-3H3,(H2,44,57)(H,45,62)(H,46,67)(H,47,66)(H,48,59)(H,49,58)(H,50,61)(H,51,65)(H,52,64)(H,53,63). The predicted octanol–water partition coefficient (Wildman–Crippen LogP) is -5.52. The Bertz CT molecular complexity index is 1700. The van der Waals surface area contributed by atoms with E-state index in [4.69, 9.17) is 16.2 Å². The Morgan fingerprint density at radius 1 is 0.691 bits per heavy atom. The minimum atomic E-state index is -1.87. The fraction of sp³-hybridized carbons (Fsp3) is 0.738. The molecule has 1 saturated heterocycles.